The number of nitrogens with one attached hydrogen (secondary N) is 1. The lowest BCUT2D eigenvalue weighted by Gasteiger charge is -2.13. The average molecular weight is 363 g/mol. The highest BCUT2D eigenvalue weighted by molar-refractivity contribution is 6.11. The first-order valence-corrected chi connectivity index (χ1v) is 8.79. The zero-order valence-electron chi connectivity index (χ0n) is 15.5. The van der Waals surface area contributed by atoms with Crippen molar-refractivity contribution in [2.24, 2.45) is 5.92 Å². The summed E-state index contributed by atoms with van der Waals surface area (Å²) < 4.78 is 1.34. The Balaban J connectivity index is 2.06. The van der Waals surface area contributed by atoms with Gasteiger partial charge in [0.15, 0.2) is 11.5 Å². The van der Waals surface area contributed by atoms with Crippen LogP contribution >= 0.6 is 0 Å². The molecule has 2 aromatic carbocycles. The van der Waals surface area contributed by atoms with E-state index in [-0.39, 0.29) is 23.0 Å². The molecule has 0 saturated carbocycles. The number of anilines is 1. The van der Waals surface area contributed by atoms with Crippen molar-refractivity contribution in [2.45, 2.75) is 27.3 Å². The summed E-state index contributed by atoms with van der Waals surface area (Å²) in [7, 11) is 0. The number of nitrogens with zero attached hydrogens (tertiary/aromatic N) is 2. The van der Waals surface area contributed by atoms with Crippen molar-refractivity contribution in [1.82, 2.24) is 9.78 Å². The molecule has 0 spiro atoms. The minimum Gasteiger partial charge on any atom is -0.321 e. The number of benzene rings is 2. The number of fused-ring (bicyclic) bond motifs is 1. The third-order valence-electron chi connectivity index (χ3n) is 4.15. The molecule has 1 N–H and O–H groups in total. The molecule has 0 aliphatic carbocycles. The predicted molar refractivity (Wildman–Crippen MR) is 105 cm³/mol. The molecule has 138 valence electrons. The Kier molecular flexibility index (Phi) is 5.16. The van der Waals surface area contributed by atoms with Crippen LogP contribution in [0.25, 0.3) is 10.8 Å². The second-order valence-electron chi connectivity index (χ2n) is 6.87. The lowest BCUT2D eigenvalue weighted by Crippen LogP contribution is -2.29. The molecular formula is C21H21N3O3. The fourth-order valence-electron chi connectivity index (χ4n) is 2.88. The number of Topliss-reactive ketones (excluding diaryl/α,β-unsaturated/α-hetero) is 1. The number of hydrogen-bond donors (Lipinski definition) is 1. The van der Waals surface area contributed by atoms with Crippen LogP contribution in [0, 0.1) is 5.92 Å². The minimum atomic E-state index is -0.426. The van der Waals surface area contributed by atoms with Crippen LogP contribution in [0.4, 0.5) is 5.69 Å². The van der Waals surface area contributed by atoms with Gasteiger partial charge in [-0.1, -0.05) is 44.2 Å². The summed E-state index contributed by atoms with van der Waals surface area (Å²) in [6, 6.07) is 13.7. The summed E-state index contributed by atoms with van der Waals surface area (Å²) in [5, 5.41) is 8.05. The van der Waals surface area contributed by atoms with Crippen LogP contribution in [0.3, 0.4) is 0 Å². The minimum absolute atomic E-state index is 0.0832. The highest BCUT2D eigenvalue weighted by Crippen LogP contribution is 2.17. The third-order valence-corrected chi connectivity index (χ3v) is 4.15. The van der Waals surface area contributed by atoms with Crippen LogP contribution in [0.5, 0.6) is 0 Å². The molecular weight excluding hydrogens is 342 g/mol. The van der Waals surface area contributed by atoms with E-state index in [0.717, 1.165) is 0 Å². The van der Waals surface area contributed by atoms with Crippen LogP contribution in [0.1, 0.15) is 41.6 Å². The highest BCUT2D eigenvalue weighted by atomic mass is 16.2. The van der Waals surface area contributed by atoms with E-state index in [2.05, 4.69) is 10.4 Å². The lowest BCUT2D eigenvalue weighted by atomic mass is 10.1. The topological polar surface area (TPSA) is 81.1 Å². The number of aromatic nitrogens is 2. The summed E-state index contributed by atoms with van der Waals surface area (Å²) in [5.74, 6) is -0.302. The molecule has 3 rings (SSSR count). The van der Waals surface area contributed by atoms with E-state index >= 15 is 0 Å². The highest BCUT2D eigenvalue weighted by Gasteiger charge is 2.17. The number of amides is 1. The number of rotatable bonds is 5. The SMILES string of the molecule is CC(=O)c1cccc(NC(=O)c2nn(CC(C)C)c(=O)c3ccccc23)c1. The molecule has 6 nitrogen and oxygen atoms in total. The molecule has 1 amide bonds. The van der Waals surface area contributed by atoms with Gasteiger partial charge in [0.1, 0.15) is 0 Å². The Hall–Kier alpha value is -3.28. The standard InChI is InChI=1S/C21H21N3O3/c1-13(2)12-24-21(27)18-10-5-4-9-17(18)19(23-24)20(26)22-16-8-6-7-15(11-16)14(3)25/h4-11,13H,12H2,1-3H3,(H,22,26). The van der Waals surface area contributed by atoms with E-state index in [1.165, 1.54) is 11.6 Å². The maximum atomic E-state index is 12.9. The first kappa shape index (κ1) is 18.5. The number of ketones is 1. The van der Waals surface area contributed by atoms with Crippen molar-refractivity contribution in [3.05, 3.63) is 70.1 Å². The maximum absolute atomic E-state index is 12.9. The first-order valence-electron chi connectivity index (χ1n) is 8.79. The monoisotopic (exact) mass is 363 g/mol. The van der Waals surface area contributed by atoms with E-state index in [1.54, 1.807) is 48.5 Å². The van der Waals surface area contributed by atoms with Gasteiger partial charge in [-0.15, -0.1) is 0 Å². The molecule has 3 aromatic rings. The second kappa shape index (κ2) is 7.53. The lowest BCUT2D eigenvalue weighted by molar-refractivity contribution is 0.100. The summed E-state index contributed by atoms with van der Waals surface area (Å²) in [4.78, 5) is 37.1. The van der Waals surface area contributed by atoms with Crippen LogP contribution in [0.15, 0.2) is 53.3 Å². The second-order valence-corrected chi connectivity index (χ2v) is 6.87. The fourth-order valence-corrected chi connectivity index (χ4v) is 2.88. The zero-order valence-corrected chi connectivity index (χ0v) is 15.5. The first-order chi connectivity index (χ1) is 12.9. The average Bonchev–Trinajstić information content (AvgIpc) is 2.64. The van der Waals surface area contributed by atoms with E-state index in [4.69, 9.17) is 0 Å². The molecule has 0 radical (unpaired) electrons. The third kappa shape index (κ3) is 3.95. The van der Waals surface area contributed by atoms with Gasteiger partial charge in [-0.3, -0.25) is 14.4 Å². The summed E-state index contributed by atoms with van der Waals surface area (Å²) in [6.45, 7) is 5.86. The summed E-state index contributed by atoms with van der Waals surface area (Å²) >= 11 is 0. The number of hydrogen-bond acceptors (Lipinski definition) is 4. The van der Waals surface area contributed by atoms with Gasteiger partial charge in [0.25, 0.3) is 11.5 Å². The molecule has 0 aliphatic rings. The smallest absolute Gasteiger partial charge is 0.276 e. The molecule has 0 aliphatic heterocycles. The number of carbonyl (C=O) groups excluding carboxylic acids is 2. The van der Waals surface area contributed by atoms with Crippen molar-refractivity contribution in [3.8, 4) is 0 Å². The van der Waals surface area contributed by atoms with Crippen molar-refractivity contribution in [3.63, 3.8) is 0 Å². The molecule has 1 heterocycles. The zero-order chi connectivity index (χ0) is 19.6. The van der Waals surface area contributed by atoms with Crippen LogP contribution < -0.4 is 10.9 Å². The maximum Gasteiger partial charge on any atom is 0.276 e. The van der Waals surface area contributed by atoms with E-state index < -0.39 is 5.91 Å². The molecule has 0 saturated heterocycles. The Morgan fingerprint density at radius 2 is 1.78 bits per heavy atom. The van der Waals surface area contributed by atoms with Crippen molar-refractivity contribution >= 4 is 28.2 Å². The molecule has 27 heavy (non-hydrogen) atoms. The Bertz CT molecular complexity index is 1080. The summed E-state index contributed by atoms with van der Waals surface area (Å²) in [5.41, 5.74) is 0.976. The van der Waals surface area contributed by atoms with E-state index in [0.29, 0.717) is 28.6 Å². The quantitative estimate of drug-likeness (QED) is 0.704. The van der Waals surface area contributed by atoms with Gasteiger partial charge < -0.3 is 5.32 Å². The number of carbonyl (C=O) groups is 2. The van der Waals surface area contributed by atoms with Crippen LogP contribution in [-0.4, -0.2) is 21.5 Å². The molecule has 0 atom stereocenters. The summed E-state index contributed by atoms with van der Waals surface area (Å²) in [6.07, 6.45) is 0. The van der Waals surface area contributed by atoms with Gasteiger partial charge in [0, 0.05) is 23.2 Å². The molecule has 0 unspecified atom stereocenters. The van der Waals surface area contributed by atoms with E-state index in [9.17, 15) is 14.4 Å². The normalized spacial score (nSPS) is 11.0. The Labute approximate surface area is 156 Å². The van der Waals surface area contributed by atoms with Gasteiger partial charge in [-0.05, 0) is 31.0 Å². The van der Waals surface area contributed by atoms with Gasteiger partial charge in [-0.2, -0.15) is 5.10 Å². The molecule has 6 heteroatoms. The van der Waals surface area contributed by atoms with Crippen molar-refractivity contribution in [2.75, 3.05) is 5.32 Å². The van der Waals surface area contributed by atoms with Gasteiger partial charge in [0.2, 0.25) is 0 Å². The van der Waals surface area contributed by atoms with Crippen LogP contribution in [-0.2, 0) is 6.54 Å². The molecule has 0 fully saturated rings. The van der Waals surface area contributed by atoms with Crippen molar-refractivity contribution in [1.29, 1.82) is 0 Å². The van der Waals surface area contributed by atoms with Crippen LogP contribution in [0.2, 0.25) is 0 Å². The van der Waals surface area contributed by atoms with Gasteiger partial charge in [0.05, 0.1) is 5.39 Å². The predicted octanol–water partition coefficient (Wildman–Crippen LogP) is 3.51. The Morgan fingerprint density at radius 3 is 2.44 bits per heavy atom. The Morgan fingerprint density at radius 1 is 1.07 bits per heavy atom. The molecule has 1 aromatic heterocycles. The van der Waals surface area contributed by atoms with E-state index in [1.807, 2.05) is 13.8 Å². The molecule has 0 bridgehead atoms. The van der Waals surface area contributed by atoms with Gasteiger partial charge in [-0.25, -0.2) is 4.68 Å². The largest absolute Gasteiger partial charge is 0.321 e. The van der Waals surface area contributed by atoms with Gasteiger partial charge >= 0.3 is 0 Å². The fraction of sp³-hybridized carbons (Fsp3) is 0.238. The van der Waals surface area contributed by atoms with Crippen molar-refractivity contribution < 1.29 is 9.59 Å².